The summed E-state index contributed by atoms with van der Waals surface area (Å²) in [6.45, 7) is 3.43. The second-order valence-electron chi connectivity index (χ2n) is 10.3. The monoisotopic (exact) mass is 457 g/mol. The van der Waals surface area contributed by atoms with E-state index >= 15 is 0 Å². The Hall–Kier alpha value is -1.59. The van der Waals surface area contributed by atoms with Crippen molar-refractivity contribution in [3.8, 4) is 0 Å². The van der Waals surface area contributed by atoms with Crippen molar-refractivity contribution in [2.45, 2.75) is 82.6 Å². The minimum Gasteiger partial charge on any atom is -0.385 e. The summed E-state index contributed by atoms with van der Waals surface area (Å²) >= 11 is 0. The summed E-state index contributed by atoms with van der Waals surface area (Å²) in [5.41, 5.74) is 1.42. The van der Waals surface area contributed by atoms with Crippen molar-refractivity contribution in [3.63, 3.8) is 0 Å². The Bertz CT molecular complexity index is 662. The van der Waals surface area contributed by atoms with Crippen LogP contribution in [0, 0.1) is 11.8 Å². The molecule has 0 spiro atoms. The van der Waals surface area contributed by atoms with Gasteiger partial charge in [-0.25, -0.2) is 4.79 Å². The number of carbonyl (C=O) groups is 1. The molecule has 33 heavy (non-hydrogen) atoms. The van der Waals surface area contributed by atoms with Gasteiger partial charge in [0.25, 0.3) is 0 Å². The van der Waals surface area contributed by atoms with Gasteiger partial charge in [0, 0.05) is 39.4 Å². The summed E-state index contributed by atoms with van der Waals surface area (Å²) in [4.78, 5) is 15.4. The average molecular weight is 458 g/mol. The zero-order valence-corrected chi connectivity index (χ0v) is 21.1. The second-order valence-corrected chi connectivity index (χ2v) is 10.3. The standard InChI is InChI=1S/C28H47N3O2/c1-29-21-26(20-23-12-5-3-6-13-23)30-28(32)31-18-11-16-25(22-31)27(17-9-10-19-33-2)24-14-7-4-8-15-24/h4,7-8,14-15,23,25-27,29H,3,5-6,9-13,16-22H2,1-2H3,(H,30,32)/t25-,26+,27?/m1/s1. The quantitative estimate of drug-likeness (QED) is 0.404. The van der Waals surface area contributed by atoms with Crippen LogP contribution in [0.3, 0.4) is 0 Å². The normalized spacial score (nSPS) is 21.5. The Morgan fingerprint density at radius 2 is 1.88 bits per heavy atom. The molecule has 2 amide bonds. The van der Waals surface area contributed by atoms with Crippen molar-refractivity contribution >= 4 is 6.03 Å². The largest absolute Gasteiger partial charge is 0.385 e. The van der Waals surface area contributed by atoms with Gasteiger partial charge in [-0.15, -0.1) is 0 Å². The van der Waals surface area contributed by atoms with Gasteiger partial charge < -0.3 is 20.3 Å². The first-order chi connectivity index (χ1) is 16.2. The van der Waals surface area contributed by atoms with Crippen LogP contribution < -0.4 is 10.6 Å². The fourth-order valence-corrected chi connectivity index (χ4v) is 6.04. The van der Waals surface area contributed by atoms with Crippen LogP contribution in [0.5, 0.6) is 0 Å². The van der Waals surface area contributed by atoms with Crippen LogP contribution in [0.15, 0.2) is 30.3 Å². The lowest BCUT2D eigenvalue weighted by Gasteiger charge is -2.38. The van der Waals surface area contributed by atoms with E-state index in [2.05, 4.69) is 45.9 Å². The molecule has 0 bridgehead atoms. The van der Waals surface area contributed by atoms with Crippen molar-refractivity contribution in [2.24, 2.45) is 11.8 Å². The number of carbonyl (C=O) groups excluding carboxylic acids is 1. The summed E-state index contributed by atoms with van der Waals surface area (Å²) in [5, 5.41) is 6.71. The number of urea groups is 1. The summed E-state index contributed by atoms with van der Waals surface area (Å²) < 4.78 is 5.27. The van der Waals surface area contributed by atoms with Gasteiger partial charge in [0.1, 0.15) is 0 Å². The van der Waals surface area contributed by atoms with E-state index in [-0.39, 0.29) is 12.1 Å². The Kier molecular flexibility index (Phi) is 11.5. The highest BCUT2D eigenvalue weighted by Crippen LogP contribution is 2.35. The van der Waals surface area contributed by atoms with Crippen LogP contribution in [0.1, 0.15) is 82.1 Å². The maximum absolute atomic E-state index is 13.3. The number of benzene rings is 1. The zero-order valence-electron chi connectivity index (χ0n) is 21.1. The van der Waals surface area contributed by atoms with Crippen LogP contribution in [-0.4, -0.2) is 57.4 Å². The van der Waals surface area contributed by atoms with Crippen molar-refractivity contribution in [1.29, 1.82) is 0 Å². The van der Waals surface area contributed by atoms with E-state index < -0.39 is 0 Å². The molecule has 1 aliphatic heterocycles. The third-order valence-electron chi connectivity index (χ3n) is 7.78. The number of piperidine rings is 1. The molecule has 2 N–H and O–H groups in total. The average Bonchev–Trinajstić information content (AvgIpc) is 2.85. The molecular formula is C28H47N3O2. The number of amides is 2. The SMILES string of the molecule is CNC[C@H](CC1CCCCC1)NC(=O)N1CCC[C@@H](C(CCCCOC)c2ccccc2)C1. The van der Waals surface area contributed by atoms with Gasteiger partial charge in [0.2, 0.25) is 0 Å². The Labute approximate surface area is 202 Å². The van der Waals surface area contributed by atoms with Crippen LogP contribution in [0.25, 0.3) is 0 Å². The minimum atomic E-state index is 0.141. The van der Waals surface area contributed by atoms with E-state index in [1.807, 2.05) is 7.05 Å². The number of methoxy groups -OCH3 is 1. The maximum Gasteiger partial charge on any atom is 0.317 e. The third-order valence-corrected chi connectivity index (χ3v) is 7.78. The van der Waals surface area contributed by atoms with E-state index in [1.165, 1.54) is 50.5 Å². The predicted octanol–water partition coefficient (Wildman–Crippen LogP) is 5.57. The van der Waals surface area contributed by atoms with E-state index in [0.29, 0.717) is 11.8 Å². The molecule has 3 rings (SSSR count). The molecule has 2 aliphatic rings. The number of ether oxygens (including phenoxy) is 1. The van der Waals surface area contributed by atoms with Crippen molar-refractivity contribution in [2.75, 3.05) is 40.4 Å². The number of hydrogen-bond acceptors (Lipinski definition) is 3. The van der Waals surface area contributed by atoms with Gasteiger partial charge in [0.15, 0.2) is 0 Å². The fourth-order valence-electron chi connectivity index (χ4n) is 6.04. The van der Waals surface area contributed by atoms with Gasteiger partial charge in [-0.3, -0.25) is 0 Å². The molecule has 1 saturated heterocycles. The molecule has 0 radical (unpaired) electrons. The summed E-state index contributed by atoms with van der Waals surface area (Å²) in [6, 6.07) is 11.3. The molecule has 186 valence electrons. The fraction of sp³-hybridized carbons (Fsp3) is 0.750. The maximum atomic E-state index is 13.3. The summed E-state index contributed by atoms with van der Waals surface area (Å²) in [7, 11) is 3.77. The van der Waals surface area contributed by atoms with Gasteiger partial charge in [-0.2, -0.15) is 0 Å². The van der Waals surface area contributed by atoms with Crippen molar-refractivity contribution in [1.82, 2.24) is 15.5 Å². The van der Waals surface area contributed by atoms with Gasteiger partial charge in [-0.1, -0.05) is 68.9 Å². The number of rotatable bonds is 12. The molecule has 1 unspecified atom stereocenters. The first kappa shape index (κ1) is 26.0. The topological polar surface area (TPSA) is 53.6 Å². The third kappa shape index (κ3) is 8.60. The second kappa shape index (κ2) is 14.6. The van der Waals surface area contributed by atoms with Gasteiger partial charge >= 0.3 is 6.03 Å². The Morgan fingerprint density at radius 1 is 1.09 bits per heavy atom. The summed E-state index contributed by atoms with van der Waals surface area (Å²) in [5.74, 6) is 1.80. The first-order valence-electron chi connectivity index (χ1n) is 13.4. The smallest absolute Gasteiger partial charge is 0.317 e. The molecule has 5 heteroatoms. The first-order valence-corrected chi connectivity index (χ1v) is 13.4. The van der Waals surface area contributed by atoms with Crippen LogP contribution in [0.4, 0.5) is 4.79 Å². The lowest BCUT2D eigenvalue weighted by Crippen LogP contribution is -2.51. The Balaban J connectivity index is 1.59. The van der Waals surface area contributed by atoms with Gasteiger partial charge in [-0.05, 0) is 62.5 Å². The highest BCUT2D eigenvalue weighted by Gasteiger charge is 2.31. The number of nitrogens with zero attached hydrogens (tertiary/aromatic N) is 1. The van der Waals surface area contributed by atoms with Crippen LogP contribution in [0.2, 0.25) is 0 Å². The van der Waals surface area contributed by atoms with E-state index in [9.17, 15) is 4.79 Å². The van der Waals surface area contributed by atoms with Crippen molar-refractivity contribution < 1.29 is 9.53 Å². The molecule has 1 saturated carbocycles. The highest BCUT2D eigenvalue weighted by atomic mass is 16.5. The number of unbranched alkanes of at least 4 members (excludes halogenated alkanes) is 1. The lowest BCUT2D eigenvalue weighted by molar-refractivity contribution is 0.147. The number of hydrogen-bond donors (Lipinski definition) is 2. The minimum absolute atomic E-state index is 0.141. The molecule has 1 aromatic rings. The summed E-state index contributed by atoms with van der Waals surface area (Å²) in [6.07, 6.45) is 13.6. The Morgan fingerprint density at radius 3 is 2.61 bits per heavy atom. The zero-order chi connectivity index (χ0) is 23.3. The van der Waals surface area contributed by atoms with E-state index in [0.717, 1.165) is 57.8 Å². The van der Waals surface area contributed by atoms with Gasteiger partial charge in [0.05, 0.1) is 0 Å². The lowest BCUT2D eigenvalue weighted by atomic mass is 9.78. The molecule has 5 nitrogen and oxygen atoms in total. The molecular weight excluding hydrogens is 410 g/mol. The predicted molar refractivity (Wildman–Crippen MR) is 137 cm³/mol. The van der Waals surface area contributed by atoms with Crippen molar-refractivity contribution in [3.05, 3.63) is 35.9 Å². The molecule has 3 atom stereocenters. The number of likely N-dealkylation sites (N-methyl/N-ethyl adjacent to an activating group) is 1. The molecule has 1 heterocycles. The molecule has 1 aromatic carbocycles. The number of likely N-dealkylation sites (tertiary alicyclic amines) is 1. The molecule has 2 fully saturated rings. The van der Waals surface area contributed by atoms with Crippen LogP contribution >= 0.6 is 0 Å². The highest BCUT2D eigenvalue weighted by molar-refractivity contribution is 5.74. The molecule has 1 aliphatic carbocycles. The van der Waals surface area contributed by atoms with E-state index in [4.69, 9.17) is 4.74 Å². The molecule has 0 aromatic heterocycles. The number of nitrogens with one attached hydrogen (secondary N) is 2. The van der Waals surface area contributed by atoms with Crippen LogP contribution in [-0.2, 0) is 4.74 Å². The van der Waals surface area contributed by atoms with E-state index in [1.54, 1.807) is 7.11 Å².